The van der Waals surface area contributed by atoms with Crippen molar-refractivity contribution in [3.63, 3.8) is 0 Å². The second kappa shape index (κ2) is 12.5. The molecular weight excluding hydrogens is 514 g/mol. The number of nitrogens with zero attached hydrogens (tertiary/aromatic N) is 4. The standard InChI is InChI=1S/C13H18N6OS.2C2HF3O2/c14-1-2-18-3-5-19(6-4-18)13-11-9(16-8-17-13)7-10(21-11)12(15)20;2*3-2(4,5)1(6)7/h7-8H,1-6,14H2,(H2,15,20);2*(H,6,7). The Morgan fingerprint density at radius 3 is 1.86 bits per heavy atom. The lowest BCUT2D eigenvalue weighted by atomic mass is 10.3. The number of primary amides is 1. The fourth-order valence-electron chi connectivity index (χ4n) is 2.55. The minimum atomic E-state index is -5.08. The first-order chi connectivity index (χ1) is 16.1. The summed E-state index contributed by atoms with van der Waals surface area (Å²) in [4.78, 5) is 42.8. The summed E-state index contributed by atoms with van der Waals surface area (Å²) in [5.74, 6) is -5.04. The minimum Gasteiger partial charge on any atom is -0.475 e. The fourth-order valence-corrected chi connectivity index (χ4v) is 3.53. The Morgan fingerprint density at radius 2 is 1.46 bits per heavy atom. The van der Waals surface area contributed by atoms with E-state index in [1.54, 1.807) is 12.4 Å². The average Bonchev–Trinajstić information content (AvgIpc) is 3.19. The number of carbonyl (C=O) groups is 3. The zero-order chi connectivity index (χ0) is 27.0. The van der Waals surface area contributed by atoms with Crippen molar-refractivity contribution in [3.8, 4) is 0 Å². The van der Waals surface area contributed by atoms with Crippen molar-refractivity contribution in [2.75, 3.05) is 44.2 Å². The van der Waals surface area contributed by atoms with E-state index in [4.69, 9.17) is 31.3 Å². The maximum Gasteiger partial charge on any atom is 0.490 e. The van der Waals surface area contributed by atoms with E-state index in [0.29, 0.717) is 11.4 Å². The summed E-state index contributed by atoms with van der Waals surface area (Å²) < 4.78 is 64.4. The number of aliphatic carboxylic acids is 2. The number of hydrogen-bond donors (Lipinski definition) is 4. The third-order valence-electron chi connectivity index (χ3n) is 4.14. The zero-order valence-corrected chi connectivity index (χ0v) is 18.5. The van der Waals surface area contributed by atoms with Crippen LogP contribution in [0.25, 0.3) is 10.2 Å². The third-order valence-corrected chi connectivity index (χ3v) is 5.27. The molecule has 0 aromatic carbocycles. The first kappa shape index (κ1) is 29.8. The summed E-state index contributed by atoms with van der Waals surface area (Å²) >= 11 is 1.36. The molecule has 0 radical (unpaired) electrons. The van der Waals surface area contributed by atoms with Gasteiger partial charge in [-0.1, -0.05) is 0 Å². The molecule has 196 valence electrons. The number of alkyl halides is 6. The number of anilines is 1. The van der Waals surface area contributed by atoms with Gasteiger partial charge in [0.2, 0.25) is 0 Å². The highest BCUT2D eigenvalue weighted by atomic mass is 32.1. The molecule has 1 amide bonds. The number of carboxylic acid groups (broad SMARTS) is 2. The van der Waals surface area contributed by atoms with Gasteiger partial charge in [-0.2, -0.15) is 26.3 Å². The van der Waals surface area contributed by atoms with Crippen LogP contribution >= 0.6 is 11.3 Å². The molecule has 1 saturated heterocycles. The van der Waals surface area contributed by atoms with Crippen LogP contribution in [0.4, 0.5) is 32.2 Å². The molecule has 0 saturated carbocycles. The molecule has 1 fully saturated rings. The van der Waals surface area contributed by atoms with Gasteiger partial charge in [0.1, 0.15) is 12.1 Å². The lowest BCUT2D eigenvalue weighted by Crippen LogP contribution is -2.48. The van der Waals surface area contributed by atoms with Crippen LogP contribution in [0.2, 0.25) is 0 Å². The normalized spacial score (nSPS) is 14.4. The summed E-state index contributed by atoms with van der Waals surface area (Å²) in [6, 6.07) is 1.73. The molecule has 1 aliphatic heterocycles. The number of aromatic nitrogens is 2. The van der Waals surface area contributed by atoms with Crippen LogP contribution in [0.3, 0.4) is 0 Å². The Kier molecular flexibility index (Phi) is 10.6. The van der Waals surface area contributed by atoms with E-state index >= 15 is 0 Å². The van der Waals surface area contributed by atoms with E-state index in [1.807, 2.05) is 0 Å². The van der Waals surface area contributed by atoms with Gasteiger partial charge in [-0.25, -0.2) is 19.6 Å². The molecule has 0 bridgehead atoms. The number of fused-ring (bicyclic) bond motifs is 1. The fraction of sp³-hybridized carbons (Fsp3) is 0.471. The number of carboxylic acids is 2. The number of halogens is 6. The van der Waals surface area contributed by atoms with Gasteiger partial charge >= 0.3 is 24.3 Å². The first-order valence-electron chi connectivity index (χ1n) is 9.39. The topological polar surface area (TPSA) is 176 Å². The number of nitrogens with two attached hydrogens (primary N) is 2. The smallest absolute Gasteiger partial charge is 0.475 e. The van der Waals surface area contributed by atoms with Gasteiger partial charge in [0, 0.05) is 39.3 Å². The Morgan fingerprint density at radius 1 is 0.971 bits per heavy atom. The van der Waals surface area contributed by atoms with E-state index < -0.39 is 30.2 Å². The molecule has 2 aromatic heterocycles. The van der Waals surface area contributed by atoms with Crippen molar-refractivity contribution >= 4 is 45.2 Å². The molecule has 1 aliphatic rings. The number of piperazine rings is 1. The summed E-state index contributed by atoms with van der Waals surface area (Å²) in [5.41, 5.74) is 11.7. The van der Waals surface area contributed by atoms with Crippen molar-refractivity contribution in [1.29, 1.82) is 0 Å². The number of hydrogen-bond acceptors (Lipinski definition) is 9. The predicted octanol–water partition coefficient (Wildman–Crippen LogP) is 1.14. The van der Waals surface area contributed by atoms with E-state index in [0.717, 1.165) is 48.8 Å². The maximum atomic E-state index is 11.3. The molecule has 3 heterocycles. The van der Waals surface area contributed by atoms with Crippen LogP contribution in [0.15, 0.2) is 12.4 Å². The monoisotopic (exact) mass is 534 g/mol. The molecule has 2 aromatic rings. The number of amides is 1. The van der Waals surface area contributed by atoms with Crippen LogP contribution < -0.4 is 16.4 Å². The van der Waals surface area contributed by atoms with Gasteiger partial charge in [0.15, 0.2) is 0 Å². The third kappa shape index (κ3) is 9.49. The Hall–Kier alpha value is -3.25. The summed E-state index contributed by atoms with van der Waals surface area (Å²) in [6.07, 6.45) is -8.62. The van der Waals surface area contributed by atoms with Gasteiger partial charge in [-0.3, -0.25) is 9.69 Å². The minimum absolute atomic E-state index is 0.420. The van der Waals surface area contributed by atoms with Gasteiger partial charge in [-0.15, -0.1) is 11.3 Å². The van der Waals surface area contributed by atoms with Crippen molar-refractivity contribution in [2.24, 2.45) is 11.5 Å². The highest BCUT2D eigenvalue weighted by molar-refractivity contribution is 7.21. The zero-order valence-electron chi connectivity index (χ0n) is 17.6. The molecule has 6 N–H and O–H groups in total. The van der Waals surface area contributed by atoms with Crippen LogP contribution in [0, 0.1) is 0 Å². The molecule has 11 nitrogen and oxygen atoms in total. The summed E-state index contributed by atoms with van der Waals surface area (Å²) in [6.45, 7) is 5.35. The molecule has 18 heteroatoms. The van der Waals surface area contributed by atoms with E-state index in [9.17, 15) is 31.1 Å². The van der Waals surface area contributed by atoms with E-state index in [1.165, 1.54) is 11.3 Å². The summed E-state index contributed by atoms with van der Waals surface area (Å²) in [5, 5.41) is 14.2. The Bertz CT molecular complexity index is 999. The molecule has 0 aliphatic carbocycles. The number of thiophene rings is 1. The molecule has 0 spiro atoms. The highest BCUT2D eigenvalue weighted by Crippen LogP contribution is 2.31. The quantitative estimate of drug-likeness (QED) is 0.416. The molecule has 35 heavy (non-hydrogen) atoms. The second-order valence-electron chi connectivity index (χ2n) is 6.61. The molecular formula is C17H20F6N6O5S. The lowest BCUT2D eigenvalue weighted by Gasteiger charge is -2.35. The Balaban J connectivity index is 0.000000362. The van der Waals surface area contributed by atoms with Crippen molar-refractivity contribution in [3.05, 3.63) is 17.3 Å². The van der Waals surface area contributed by atoms with Gasteiger partial charge in [0.25, 0.3) is 5.91 Å². The molecule has 3 rings (SSSR count). The molecule has 0 atom stereocenters. The van der Waals surface area contributed by atoms with Crippen molar-refractivity contribution in [2.45, 2.75) is 12.4 Å². The van der Waals surface area contributed by atoms with Crippen molar-refractivity contribution < 1.29 is 50.9 Å². The molecule has 0 unspecified atom stereocenters. The van der Waals surface area contributed by atoms with Crippen LogP contribution in [0.1, 0.15) is 9.67 Å². The van der Waals surface area contributed by atoms with Gasteiger partial charge < -0.3 is 26.6 Å². The van der Waals surface area contributed by atoms with Gasteiger partial charge in [0.05, 0.1) is 15.1 Å². The number of carbonyl (C=O) groups excluding carboxylic acids is 1. The first-order valence-corrected chi connectivity index (χ1v) is 10.2. The largest absolute Gasteiger partial charge is 0.490 e. The lowest BCUT2D eigenvalue weighted by molar-refractivity contribution is -0.193. The SMILES string of the molecule is NCCN1CCN(c2ncnc3cc(C(N)=O)sc23)CC1.O=C(O)C(F)(F)F.O=C(O)C(F)(F)F. The van der Waals surface area contributed by atoms with Crippen LogP contribution in [-0.4, -0.2) is 94.5 Å². The van der Waals surface area contributed by atoms with Crippen LogP contribution in [0.5, 0.6) is 0 Å². The van der Waals surface area contributed by atoms with Gasteiger partial charge in [-0.05, 0) is 6.07 Å². The predicted molar refractivity (Wildman–Crippen MR) is 111 cm³/mol. The van der Waals surface area contributed by atoms with Crippen molar-refractivity contribution in [1.82, 2.24) is 14.9 Å². The second-order valence-corrected chi connectivity index (χ2v) is 7.66. The van der Waals surface area contributed by atoms with E-state index in [2.05, 4.69) is 19.8 Å². The number of rotatable bonds is 4. The maximum absolute atomic E-state index is 11.3. The van der Waals surface area contributed by atoms with Crippen LogP contribution in [-0.2, 0) is 9.59 Å². The average molecular weight is 534 g/mol. The summed E-state index contributed by atoms with van der Waals surface area (Å²) in [7, 11) is 0. The Labute approximate surface area is 196 Å². The highest BCUT2D eigenvalue weighted by Gasteiger charge is 2.38. The van der Waals surface area contributed by atoms with E-state index in [-0.39, 0.29) is 0 Å².